The summed E-state index contributed by atoms with van der Waals surface area (Å²) in [7, 11) is 0. The van der Waals surface area contributed by atoms with Crippen molar-refractivity contribution in [3.8, 4) is 5.69 Å². The monoisotopic (exact) mass is 391 g/mol. The molecule has 0 atom stereocenters. The molecule has 2 aromatic rings. The van der Waals surface area contributed by atoms with E-state index in [9.17, 15) is 0 Å². The second kappa shape index (κ2) is 6.90. The summed E-state index contributed by atoms with van der Waals surface area (Å²) in [6, 6.07) is 8.17. The molecule has 7 heteroatoms. The number of benzene rings is 1. The minimum atomic E-state index is -0.0708. The van der Waals surface area contributed by atoms with Gasteiger partial charge in [-0.25, -0.2) is 0 Å². The number of nitrogens with zero attached hydrogens (tertiary/aromatic N) is 5. The highest BCUT2D eigenvalue weighted by atomic mass is 79.9. The molecule has 0 spiro atoms. The molecule has 1 aliphatic heterocycles. The third-order valence-electron chi connectivity index (χ3n) is 5.25. The van der Waals surface area contributed by atoms with Crippen LogP contribution in [0.15, 0.2) is 28.7 Å². The van der Waals surface area contributed by atoms with Gasteiger partial charge in [0, 0.05) is 17.6 Å². The zero-order valence-corrected chi connectivity index (χ0v) is 15.3. The molecule has 24 heavy (non-hydrogen) atoms. The maximum Gasteiger partial charge on any atom is 0.176 e. The van der Waals surface area contributed by atoms with Crippen LogP contribution in [0.4, 0.5) is 0 Å². The molecule has 0 amide bonds. The molecule has 4 rings (SSSR count). The summed E-state index contributed by atoms with van der Waals surface area (Å²) in [6.45, 7) is 3.49. The number of hydrogen-bond acceptors (Lipinski definition) is 5. The zero-order chi connectivity index (χ0) is 16.4. The summed E-state index contributed by atoms with van der Waals surface area (Å²) in [5.74, 6) is 0.978. The van der Waals surface area contributed by atoms with Gasteiger partial charge in [-0.05, 0) is 47.5 Å². The van der Waals surface area contributed by atoms with Gasteiger partial charge in [-0.3, -0.25) is 4.90 Å². The van der Waals surface area contributed by atoms with Crippen molar-refractivity contribution in [3.63, 3.8) is 0 Å². The molecular formula is C17H22BrN5O. The average molecular weight is 392 g/mol. The number of morpholine rings is 1. The van der Waals surface area contributed by atoms with Crippen molar-refractivity contribution in [3.05, 3.63) is 34.6 Å². The Morgan fingerprint density at radius 1 is 1.00 bits per heavy atom. The van der Waals surface area contributed by atoms with Crippen LogP contribution in [0.1, 0.15) is 37.9 Å². The maximum absolute atomic E-state index is 5.58. The highest BCUT2D eigenvalue weighted by molar-refractivity contribution is 9.10. The Hall–Kier alpha value is -1.31. The highest BCUT2D eigenvalue weighted by Crippen LogP contribution is 2.42. The van der Waals surface area contributed by atoms with Crippen molar-refractivity contribution < 1.29 is 4.74 Å². The SMILES string of the molecule is Brc1ccc(-n2nnnc2C2(N3CCOCC3)CCCCC2)cc1. The van der Waals surface area contributed by atoms with E-state index >= 15 is 0 Å². The van der Waals surface area contributed by atoms with Gasteiger partial charge in [0.25, 0.3) is 0 Å². The molecule has 1 saturated heterocycles. The van der Waals surface area contributed by atoms with E-state index < -0.39 is 0 Å². The van der Waals surface area contributed by atoms with Gasteiger partial charge in [0.1, 0.15) is 0 Å². The first-order chi connectivity index (χ1) is 11.8. The fraction of sp³-hybridized carbons (Fsp3) is 0.588. The Labute approximate surface area is 150 Å². The van der Waals surface area contributed by atoms with Crippen molar-refractivity contribution in [2.75, 3.05) is 26.3 Å². The lowest BCUT2D eigenvalue weighted by molar-refractivity contribution is -0.0451. The number of aromatic nitrogens is 4. The number of hydrogen-bond donors (Lipinski definition) is 0. The number of ether oxygens (including phenoxy) is 1. The van der Waals surface area contributed by atoms with Crippen LogP contribution in [0.25, 0.3) is 5.69 Å². The van der Waals surface area contributed by atoms with Gasteiger partial charge in [0.2, 0.25) is 0 Å². The molecule has 2 heterocycles. The highest BCUT2D eigenvalue weighted by Gasteiger charge is 2.44. The van der Waals surface area contributed by atoms with E-state index in [1.54, 1.807) is 0 Å². The van der Waals surface area contributed by atoms with Crippen LogP contribution < -0.4 is 0 Å². The Kier molecular flexibility index (Phi) is 4.65. The van der Waals surface area contributed by atoms with E-state index in [4.69, 9.17) is 4.74 Å². The summed E-state index contributed by atoms with van der Waals surface area (Å²) in [5.41, 5.74) is 0.940. The zero-order valence-electron chi connectivity index (χ0n) is 13.7. The average Bonchev–Trinajstić information content (AvgIpc) is 3.14. The lowest BCUT2D eigenvalue weighted by Gasteiger charge is -2.46. The van der Waals surface area contributed by atoms with E-state index in [-0.39, 0.29) is 5.54 Å². The van der Waals surface area contributed by atoms with Crippen molar-refractivity contribution >= 4 is 15.9 Å². The van der Waals surface area contributed by atoms with Crippen molar-refractivity contribution in [1.82, 2.24) is 25.1 Å². The summed E-state index contributed by atoms with van der Waals surface area (Å²) in [5, 5.41) is 12.8. The van der Waals surface area contributed by atoms with Gasteiger partial charge < -0.3 is 4.74 Å². The third-order valence-corrected chi connectivity index (χ3v) is 5.78. The second-order valence-electron chi connectivity index (χ2n) is 6.58. The molecule has 2 fully saturated rings. The fourth-order valence-corrected chi connectivity index (χ4v) is 4.31. The molecule has 6 nitrogen and oxygen atoms in total. The summed E-state index contributed by atoms with van der Waals surface area (Å²) < 4.78 is 8.56. The van der Waals surface area contributed by atoms with Crippen LogP contribution in [0.2, 0.25) is 0 Å². The Balaban J connectivity index is 1.76. The van der Waals surface area contributed by atoms with E-state index in [1.165, 1.54) is 19.3 Å². The van der Waals surface area contributed by atoms with Crippen molar-refractivity contribution in [2.45, 2.75) is 37.6 Å². The summed E-state index contributed by atoms with van der Waals surface area (Å²) >= 11 is 3.49. The Morgan fingerprint density at radius 3 is 2.42 bits per heavy atom. The van der Waals surface area contributed by atoms with Crippen LogP contribution in [0.3, 0.4) is 0 Å². The minimum Gasteiger partial charge on any atom is -0.379 e. The maximum atomic E-state index is 5.58. The molecule has 2 aliphatic rings. The van der Waals surface area contributed by atoms with Gasteiger partial charge in [0.05, 0.1) is 24.4 Å². The molecule has 0 N–H and O–H groups in total. The minimum absolute atomic E-state index is 0.0708. The topological polar surface area (TPSA) is 56.1 Å². The van der Waals surface area contributed by atoms with Gasteiger partial charge in [-0.15, -0.1) is 5.10 Å². The lowest BCUT2D eigenvalue weighted by Crippen LogP contribution is -2.53. The molecule has 1 aromatic carbocycles. The van der Waals surface area contributed by atoms with Gasteiger partial charge >= 0.3 is 0 Å². The van der Waals surface area contributed by atoms with Crippen LogP contribution in [0.5, 0.6) is 0 Å². The van der Waals surface area contributed by atoms with E-state index in [1.807, 2.05) is 16.8 Å². The number of tetrazole rings is 1. The standard InChI is InChI=1S/C17H22BrN5O/c18-14-4-6-15(7-5-14)23-16(19-20-21-23)17(8-2-1-3-9-17)22-10-12-24-13-11-22/h4-7H,1-3,8-13H2. The van der Waals surface area contributed by atoms with E-state index in [0.717, 1.165) is 55.1 Å². The predicted octanol–water partition coefficient (Wildman–Crippen LogP) is 2.92. The van der Waals surface area contributed by atoms with E-state index in [2.05, 4.69) is 48.5 Å². The molecule has 1 aliphatic carbocycles. The summed E-state index contributed by atoms with van der Waals surface area (Å²) in [4.78, 5) is 2.55. The molecule has 128 valence electrons. The first kappa shape index (κ1) is 16.2. The summed E-state index contributed by atoms with van der Waals surface area (Å²) in [6.07, 6.45) is 5.98. The molecule has 0 radical (unpaired) electrons. The number of rotatable bonds is 3. The quantitative estimate of drug-likeness (QED) is 0.804. The normalized spacial score (nSPS) is 21.7. The molecule has 0 unspecified atom stereocenters. The van der Waals surface area contributed by atoms with Gasteiger partial charge in [-0.1, -0.05) is 35.2 Å². The Bertz CT molecular complexity index is 675. The lowest BCUT2D eigenvalue weighted by atomic mass is 9.79. The predicted molar refractivity (Wildman–Crippen MR) is 94.0 cm³/mol. The van der Waals surface area contributed by atoms with Crippen LogP contribution in [-0.4, -0.2) is 51.4 Å². The molecular weight excluding hydrogens is 370 g/mol. The smallest absolute Gasteiger partial charge is 0.176 e. The van der Waals surface area contributed by atoms with Gasteiger partial charge in [0.15, 0.2) is 5.82 Å². The number of halogens is 1. The fourth-order valence-electron chi connectivity index (χ4n) is 4.04. The Morgan fingerprint density at radius 2 is 1.71 bits per heavy atom. The first-order valence-corrected chi connectivity index (χ1v) is 9.46. The molecule has 0 bridgehead atoms. The van der Waals surface area contributed by atoms with Gasteiger partial charge in [-0.2, -0.15) is 4.68 Å². The first-order valence-electron chi connectivity index (χ1n) is 8.67. The van der Waals surface area contributed by atoms with Crippen LogP contribution in [-0.2, 0) is 10.3 Å². The van der Waals surface area contributed by atoms with Crippen molar-refractivity contribution in [2.24, 2.45) is 0 Å². The van der Waals surface area contributed by atoms with Crippen LogP contribution >= 0.6 is 15.9 Å². The molecule has 1 saturated carbocycles. The second-order valence-corrected chi connectivity index (χ2v) is 7.50. The molecule has 1 aromatic heterocycles. The largest absolute Gasteiger partial charge is 0.379 e. The van der Waals surface area contributed by atoms with Crippen molar-refractivity contribution in [1.29, 1.82) is 0 Å². The van der Waals surface area contributed by atoms with E-state index in [0.29, 0.717) is 0 Å². The third kappa shape index (κ3) is 2.89. The van der Waals surface area contributed by atoms with Crippen LogP contribution in [0, 0.1) is 0 Å².